The zero-order valence-corrected chi connectivity index (χ0v) is 13.1. The maximum atomic E-state index is 11.9. The third kappa shape index (κ3) is 8.18. The highest BCUT2D eigenvalue weighted by molar-refractivity contribution is 5.81. The predicted octanol–water partition coefficient (Wildman–Crippen LogP) is 1.39. The molecule has 0 aromatic heterocycles. The van der Waals surface area contributed by atoms with Crippen LogP contribution in [0.5, 0.6) is 0 Å². The van der Waals surface area contributed by atoms with E-state index in [0.717, 1.165) is 25.9 Å². The maximum Gasteiger partial charge on any atom is 0.253 e. The molecule has 1 unspecified atom stereocenters. The number of rotatable bonds is 10. The number of hydrogen-bond acceptors (Lipinski definition) is 4. The lowest BCUT2D eigenvalue weighted by Gasteiger charge is -2.31. The highest BCUT2D eigenvalue weighted by Gasteiger charge is 2.25. The Balaban J connectivity index is 4.66. The van der Waals surface area contributed by atoms with Crippen molar-refractivity contribution in [3.8, 4) is 0 Å². The second-order valence-electron chi connectivity index (χ2n) is 5.88. The monoisotopic (exact) mass is 273 g/mol. The molecular formula is C14H31N3O2. The van der Waals surface area contributed by atoms with Crippen LogP contribution in [-0.4, -0.2) is 43.7 Å². The van der Waals surface area contributed by atoms with E-state index in [1.165, 1.54) is 0 Å². The molecular weight excluding hydrogens is 242 g/mol. The number of nitrogens with two attached hydrogens (primary N) is 1. The Kier molecular flexibility index (Phi) is 9.83. The van der Waals surface area contributed by atoms with Crippen molar-refractivity contribution in [2.75, 3.05) is 26.8 Å². The zero-order valence-electron chi connectivity index (χ0n) is 13.1. The minimum atomic E-state index is -0.299. The molecule has 0 rings (SSSR count). The number of carbonyl (C=O) groups is 1. The first kappa shape index (κ1) is 18.4. The van der Waals surface area contributed by atoms with Crippen LogP contribution < -0.4 is 11.3 Å². The second-order valence-corrected chi connectivity index (χ2v) is 5.88. The molecule has 0 aliphatic rings. The van der Waals surface area contributed by atoms with Gasteiger partial charge in [-0.1, -0.05) is 27.7 Å². The fourth-order valence-electron chi connectivity index (χ4n) is 1.87. The van der Waals surface area contributed by atoms with Crippen LogP contribution in [0.15, 0.2) is 0 Å². The highest BCUT2D eigenvalue weighted by atomic mass is 16.5. The molecule has 3 N–H and O–H groups in total. The van der Waals surface area contributed by atoms with Crippen molar-refractivity contribution < 1.29 is 9.53 Å². The summed E-state index contributed by atoms with van der Waals surface area (Å²) in [6, 6.07) is -0.299. The lowest BCUT2D eigenvalue weighted by Crippen LogP contribution is -2.52. The Bertz CT molecular complexity index is 233. The van der Waals surface area contributed by atoms with Gasteiger partial charge in [-0.25, -0.2) is 5.84 Å². The van der Waals surface area contributed by atoms with Crippen LogP contribution in [-0.2, 0) is 9.53 Å². The van der Waals surface area contributed by atoms with E-state index in [0.29, 0.717) is 18.4 Å². The number of amides is 1. The van der Waals surface area contributed by atoms with E-state index >= 15 is 0 Å². The molecule has 0 aliphatic heterocycles. The molecule has 0 aromatic rings. The lowest BCUT2D eigenvalue weighted by atomic mass is 10.1. The summed E-state index contributed by atoms with van der Waals surface area (Å²) in [5, 5.41) is 0. The normalized spacial score (nSPS) is 13.3. The number of carbonyl (C=O) groups excluding carboxylic acids is 1. The minimum Gasteiger partial charge on any atom is -0.383 e. The van der Waals surface area contributed by atoms with Crippen LogP contribution in [0, 0.1) is 11.8 Å². The Morgan fingerprint density at radius 2 is 1.63 bits per heavy atom. The van der Waals surface area contributed by atoms with Gasteiger partial charge in [-0.2, -0.15) is 0 Å². The van der Waals surface area contributed by atoms with Crippen LogP contribution in [0.4, 0.5) is 0 Å². The van der Waals surface area contributed by atoms with Gasteiger partial charge in [0.25, 0.3) is 5.91 Å². The Hall–Kier alpha value is -0.650. The zero-order chi connectivity index (χ0) is 14.8. The first-order chi connectivity index (χ1) is 8.92. The topological polar surface area (TPSA) is 67.6 Å². The van der Waals surface area contributed by atoms with Gasteiger partial charge < -0.3 is 4.74 Å². The molecule has 1 amide bonds. The summed E-state index contributed by atoms with van der Waals surface area (Å²) < 4.78 is 5.16. The van der Waals surface area contributed by atoms with E-state index in [2.05, 4.69) is 38.0 Å². The van der Waals surface area contributed by atoms with Crippen molar-refractivity contribution in [3.05, 3.63) is 0 Å². The SMILES string of the molecule is COCC(C(=O)NN)N(CCC(C)C)CCC(C)C. The van der Waals surface area contributed by atoms with Crippen molar-refractivity contribution in [1.82, 2.24) is 10.3 Å². The minimum absolute atomic E-state index is 0.172. The third-order valence-corrected chi connectivity index (χ3v) is 3.20. The van der Waals surface area contributed by atoms with Gasteiger partial charge in [0.1, 0.15) is 6.04 Å². The molecule has 114 valence electrons. The van der Waals surface area contributed by atoms with Crippen molar-refractivity contribution in [3.63, 3.8) is 0 Å². The summed E-state index contributed by atoms with van der Waals surface area (Å²) >= 11 is 0. The van der Waals surface area contributed by atoms with Gasteiger partial charge in [0, 0.05) is 7.11 Å². The predicted molar refractivity (Wildman–Crippen MR) is 78.5 cm³/mol. The maximum absolute atomic E-state index is 11.9. The molecule has 0 bridgehead atoms. The summed E-state index contributed by atoms with van der Waals surface area (Å²) in [6.45, 7) is 10.9. The van der Waals surface area contributed by atoms with Crippen LogP contribution >= 0.6 is 0 Å². The van der Waals surface area contributed by atoms with E-state index in [4.69, 9.17) is 10.6 Å². The van der Waals surface area contributed by atoms with Crippen LogP contribution in [0.25, 0.3) is 0 Å². The van der Waals surface area contributed by atoms with Crippen LogP contribution in [0.3, 0.4) is 0 Å². The number of hydrazine groups is 1. The van der Waals surface area contributed by atoms with Crippen molar-refractivity contribution in [2.24, 2.45) is 17.7 Å². The molecule has 0 aliphatic carbocycles. The first-order valence-electron chi connectivity index (χ1n) is 7.15. The Morgan fingerprint density at radius 3 is 1.95 bits per heavy atom. The van der Waals surface area contributed by atoms with Gasteiger partial charge in [0.2, 0.25) is 0 Å². The smallest absolute Gasteiger partial charge is 0.253 e. The summed E-state index contributed by atoms with van der Waals surface area (Å²) in [5.41, 5.74) is 2.25. The molecule has 5 nitrogen and oxygen atoms in total. The van der Waals surface area contributed by atoms with Crippen LogP contribution in [0.1, 0.15) is 40.5 Å². The number of ether oxygens (including phenoxy) is 1. The summed E-state index contributed by atoms with van der Waals surface area (Å²) in [7, 11) is 1.61. The van der Waals surface area contributed by atoms with Crippen molar-refractivity contribution in [1.29, 1.82) is 0 Å². The van der Waals surface area contributed by atoms with Gasteiger partial charge in [-0.3, -0.25) is 15.1 Å². The second kappa shape index (κ2) is 10.2. The number of methoxy groups -OCH3 is 1. The standard InChI is InChI=1S/C14H31N3O2/c1-11(2)6-8-17(9-7-12(3)4)13(10-19-5)14(18)16-15/h11-13H,6-10,15H2,1-5H3,(H,16,18). The van der Waals surface area contributed by atoms with E-state index in [9.17, 15) is 4.79 Å². The van der Waals surface area contributed by atoms with Gasteiger partial charge in [0.05, 0.1) is 6.61 Å². The number of nitrogens with zero attached hydrogens (tertiary/aromatic N) is 1. The average Bonchev–Trinajstić information content (AvgIpc) is 2.35. The molecule has 0 fully saturated rings. The van der Waals surface area contributed by atoms with Gasteiger partial charge in [-0.05, 0) is 37.8 Å². The lowest BCUT2D eigenvalue weighted by molar-refractivity contribution is -0.128. The third-order valence-electron chi connectivity index (χ3n) is 3.20. The van der Waals surface area contributed by atoms with Crippen LogP contribution in [0.2, 0.25) is 0 Å². The number of nitrogens with one attached hydrogen (secondary N) is 1. The molecule has 0 heterocycles. The molecule has 1 atom stereocenters. The molecule has 0 saturated heterocycles. The van der Waals surface area contributed by atoms with E-state index < -0.39 is 0 Å². The fraction of sp³-hybridized carbons (Fsp3) is 0.929. The quantitative estimate of drug-likeness (QED) is 0.358. The van der Waals surface area contributed by atoms with Gasteiger partial charge in [-0.15, -0.1) is 0 Å². The summed E-state index contributed by atoms with van der Waals surface area (Å²) in [6.07, 6.45) is 2.13. The summed E-state index contributed by atoms with van der Waals surface area (Å²) in [4.78, 5) is 14.1. The van der Waals surface area contributed by atoms with E-state index in [-0.39, 0.29) is 11.9 Å². The molecule has 0 radical (unpaired) electrons. The molecule has 5 heteroatoms. The molecule has 0 aromatic carbocycles. The van der Waals surface area contributed by atoms with E-state index in [1.54, 1.807) is 7.11 Å². The molecule has 0 spiro atoms. The van der Waals surface area contributed by atoms with Crippen molar-refractivity contribution in [2.45, 2.75) is 46.6 Å². The Labute approximate surface area is 117 Å². The molecule has 19 heavy (non-hydrogen) atoms. The summed E-state index contributed by atoms with van der Waals surface area (Å²) in [5.74, 6) is 6.33. The highest BCUT2D eigenvalue weighted by Crippen LogP contribution is 2.10. The largest absolute Gasteiger partial charge is 0.383 e. The number of hydrogen-bond donors (Lipinski definition) is 2. The van der Waals surface area contributed by atoms with E-state index in [1.807, 2.05) is 0 Å². The van der Waals surface area contributed by atoms with Crippen molar-refractivity contribution >= 4 is 5.91 Å². The fourth-order valence-corrected chi connectivity index (χ4v) is 1.87. The van der Waals surface area contributed by atoms with Gasteiger partial charge in [0.15, 0.2) is 0 Å². The molecule has 0 saturated carbocycles. The average molecular weight is 273 g/mol. The van der Waals surface area contributed by atoms with Gasteiger partial charge >= 0.3 is 0 Å². The first-order valence-corrected chi connectivity index (χ1v) is 7.15. The Morgan fingerprint density at radius 1 is 1.16 bits per heavy atom.